The molecule has 0 saturated carbocycles. The molecule has 1 aromatic rings. The average Bonchev–Trinajstić information content (AvgIpc) is 2.98. The lowest BCUT2D eigenvalue weighted by atomic mass is 10.2. The summed E-state index contributed by atoms with van der Waals surface area (Å²) in [6.07, 6.45) is 3.38. The van der Waals surface area contributed by atoms with Crippen LogP contribution in [0.3, 0.4) is 0 Å². The Balaban J connectivity index is 2.04. The van der Waals surface area contributed by atoms with Gasteiger partial charge in [-0.1, -0.05) is 6.92 Å². The maximum atomic E-state index is 12.5. The highest BCUT2D eigenvalue weighted by molar-refractivity contribution is 5.98. The highest BCUT2D eigenvalue weighted by Crippen LogP contribution is 2.22. The lowest BCUT2D eigenvalue weighted by molar-refractivity contribution is -0.121. The van der Waals surface area contributed by atoms with E-state index in [-0.39, 0.29) is 18.6 Å². The average molecular weight is 266 g/mol. The molecule has 1 N–H and O–H groups in total. The quantitative estimate of drug-likeness (QED) is 0.800. The zero-order valence-electron chi connectivity index (χ0n) is 11.6. The molecule has 6 nitrogen and oxygen atoms in total. The fraction of sp³-hybridized carbons (Fsp3) is 0.692. The standard InChI is InChI=1S/C13H22N4O2/c1-3-16(7-4-10-18)11-5-9-17(13(11)19)12-6-8-15(2)14-12/h6,8,11,18H,3-5,7,9-10H2,1-2H3. The van der Waals surface area contributed by atoms with Gasteiger partial charge in [0.15, 0.2) is 5.82 Å². The van der Waals surface area contributed by atoms with Crippen molar-refractivity contribution in [2.45, 2.75) is 25.8 Å². The van der Waals surface area contributed by atoms with E-state index in [2.05, 4.69) is 10.00 Å². The minimum Gasteiger partial charge on any atom is -0.396 e. The van der Waals surface area contributed by atoms with Crippen LogP contribution in [-0.2, 0) is 11.8 Å². The summed E-state index contributed by atoms with van der Waals surface area (Å²) in [7, 11) is 1.85. The van der Waals surface area contributed by atoms with Crippen molar-refractivity contribution < 1.29 is 9.90 Å². The van der Waals surface area contributed by atoms with Gasteiger partial charge in [-0.25, -0.2) is 0 Å². The first-order valence-electron chi connectivity index (χ1n) is 6.83. The van der Waals surface area contributed by atoms with Gasteiger partial charge in [0.25, 0.3) is 0 Å². The van der Waals surface area contributed by atoms with Crippen molar-refractivity contribution in [1.82, 2.24) is 14.7 Å². The molecule has 1 saturated heterocycles. The number of hydrogen-bond donors (Lipinski definition) is 1. The molecule has 6 heteroatoms. The summed E-state index contributed by atoms with van der Waals surface area (Å²) in [6, 6.07) is 1.79. The van der Waals surface area contributed by atoms with Crippen molar-refractivity contribution in [3.63, 3.8) is 0 Å². The van der Waals surface area contributed by atoms with Gasteiger partial charge in [-0.15, -0.1) is 0 Å². The van der Waals surface area contributed by atoms with E-state index in [1.165, 1.54) is 0 Å². The summed E-state index contributed by atoms with van der Waals surface area (Å²) in [5.74, 6) is 0.853. The van der Waals surface area contributed by atoms with Gasteiger partial charge in [0.1, 0.15) is 0 Å². The largest absolute Gasteiger partial charge is 0.396 e. The Morgan fingerprint density at radius 1 is 1.58 bits per heavy atom. The van der Waals surface area contributed by atoms with Crippen LogP contribution in [0.15, 0.2) is 12.3 Å². The number of likely N-dealkylation sites (N-methyl/N-ethyl adjacent to an activating group) is 1. The second-order valence-corrected chi connectivity index (χ2v) is 4.85. The Kier molecular flexibility index (Phi) is 4.55. The van der Waals surface area contributed by atoms with Crippen LogP contribution in [0.1, 0.15) is 19.8 Å². The molecule has 19 heavy (non-hydrogen) atoms. The normalized spacial score (nSPS) is 19.7. The van der Waals surface area contributed by atoms with Crippen molar-refractivity contribution in [2.24, 2.45) is 7.05 Å². The molecule has 1 fully saturated rings. The fourth-order valence-corrected chi connectivity index (χ4v) is 2.59. The van der Waals surface area contributed by atoms with Gasteiger partial charge >= 0.3 is 0 Å². The topological polar surface area (TPSA) is 61.6 Å². The second kappa shape index (κ2) is 6.16. The smallest absolute Gasteiger partial charge is 0.245 e. The predicted octanol–water partition coefficient (Wildman–Crippen LogP) is 0.230. The van der Waals surface area contributed by atoms with Crippen LogP contribution in [0.5, 0.6) is 0 Å². The van der Waals surface area contributed by atoms with Gasteiger partial charge in [0.2, 0.25) is 5.91 Å². The molecule has 1 unspecified atom stereocenters. The number of carbonyl (C=O) groups is 1. The lowest BCUT2D eigenvalue weighted by Gasteiger charge is -2.25. The van der Waals surface area contributed by atoms with Crippen molar-refractivity contribution in [2.75, 3.05) is 31.1 Å². The maximum absolute atomic E-state index is 12.5. The van der Waals surface area contributed by atoms with Crippen molar-refractivity contribution in [1.29, 1.82) is 0 Å². The molecule has 1 aliphatic heterocycles. The Morgan fingerprint density at radius 2 is 2.37 bits per heavy atom. The Morgan fingerprint density at radius 3 is 2.95 bits per heavy atom. The van der Waals surface area contributed by atoms with E-state index >= 15 is 0 Å². The first-order chi connectivity index (χ1) is 9.17. The number of aryl methyl sites for hydroxylation is 1. The number of aliphatic hydroxyl groups excluding tert-OH is 1. The van der Waals surface area contributed by atoms with Crippen LogP contribution in [0.2, 0.25) is 0 Å². The highest BCUT2D eigenvalue weighted by Gasteiger charge is 2.36. The summed E-state index contributed by atoms with van der Waals surface area (Å²) in [5.41, 5.74) is 0. The van der Waals surface area contributed by atoms with E-state index < -0.39 is 0 Å². The molecule has 1 aliphatic rings. The summed E-state index contributed by atoms with van der Waals surface area (Å²) in [5, 5.41) is 13.2. The number of amides is 1. The van der Waals surface area contributed by atoms with Gasteiger partial charge < -0.3 is 5.11 Å². The molecule has 106 valence electrons. The molecule has 0 aromatic carbocycles. The molecule has 0 radical (unpaired) electrons. The summed E-state index contributed by atoms with van der Waals surface area (Å²) >= 11 is 0. The first kappa shape index (κ1) is 14.0. The number of anilines is 1. The Labute approximate surface area is 113 Å². The van der Waals surface area contributed by atoms with Crippen LogP contribution in [0.4, 0.5) is 5.82 Å². The van der Waals surface area contributed by atoms with E-state index in [0.717, 1.165) is 31.9 Å². The van der Waals surface area contributed by atoms with Crippen LogP contribution < -0.4 is 4.90 Å². The van der Waals surface area contributed by atoms with Crippen LogP contribution in [-0.4, -0.2) is 58.0 Å². The van der Waals surface area contributed by atoms with Gasteiger partial charge in [0, 0.05) is 39.0 Å². The zero-order chi connectivity index (χ0) is 13.8. The molecular formula is C13H22N4O2. The number of rotatable bonds is 6. The highest BCUT2D eigenvalue weighted by atomic mass is 16.3. The number of aromatic nitrogens is 2. The van der Waals surface area contributed by atoms with E-state index in [1.807, 2.05) is 26.2 Å². The lowest BCUT2D eigenvalue weighted by Crippen LogP contribution is -2.42. The van der Waals surface area contributed by atoms with Crippen molar-refractivity contribution in [3.05, 3.63) is 12.3 Å². The molecule has 0 spiro atoms. The third kappa shape index (κ3) is 2.96. The van der Waals surface area contributed by atoms with Crippen molar-refractivity contribution >= 4 is 11.7 Å². The molecule has 2 rings (SSSR count). The van der Waals surface area contributed by atoms with Crippen molar-refractivity contribution in [3.8, 4) is 0 Å². The SMILES string of the molecule is CCN(CCCO)C1CCN(c2ccn(C)n2)C1=O. The summed E-state index contributed by atoms with van der Waals surface area (Å²) in [6.45, 7) is 4.53. The maximum Gasteiger partial charge on any atom is 0.245 e. The Bertz CT molecular complexity index is 432. The number of nitrogens with zero attached hydrogens (tertiary/aromatic N) is 4. The second-order valence-electron chi connectivity index (χ2n) is 4.85. The molecule has 0 bridgehead atoms. The zero-order valence-corrected chi connectivity index (χ0v) is 11.6. The molecular weight excluding hydrogens is 244 g/mol. The fourth-order valence-electron chi connectivity index (χ4n) is 2.59. The summed E-state index contributed by atoms with van der Waals surface area (Å²) in [4.78, 5) is 16.3. The van der Waals surface area contributed by atoms with Crippen LogP contribution in [0, 0.1) is 0 Å². The summed E-state index contributed by atoms with van der Waals surface area (Å²) < 4.78 is 1.71. The predicted molar refractivity (Wildman–Crippen MR) is 72.9 cm³/mol. The molecule has 2 heterocycles. The van der Waals surface area contributed by atoms with Crippen LogP contribution >= 0.6 is 0 Å². The van der Waals surface area contributed by atoms with Gasteiger partial charge in [-0.2, -0.15) is 5.10 Å². The first-order valence-corrected chi connectivity index (χ1v) is 6.83. The molecule has 1 atom stereocenters. The minimum atomic E-state index is -0.0708. The Hall–Kier alpha value is -1.40. The van der Waals surface area contributed by atoms with Crippen LogP contribution in [0.25, 0.3) is 0 Å². The third-order valence-corrected chi connectivity index (χ3v) is 3.60. The third-order valence-electron chi connectivity index (χ3n) is 3.60. The van der Waals surface area contributed by atoms with Gasteiger partial charge in [-0.05, 0) is 19.4 Å². The minimum absolute atomic E-state index is 0.0708. The van der Waals surface area contributed by atoms with E-state index in [4.69, 9.17) is 5.11 Å². The van der Waals surface area contributed by atoms with E-state index in [9.17, 15) is 4.79 Å². The van der Waals surface area contributed by atoms with Gasteiger partial charge in [0.05, 0.1) is 6.04 Å². The number of hydrogen-bond acceptors (Lipinski definition) is 4. The number of carbonyl (C=O) groups excluding carboxylic acids is 1. The number of aliphatic hydroxyl groups is 1. The van der Waals surface area contributed by atoms with Gasteiger partial charge in [-0.3, -0.25) is 19.3 Å². The molecule has 0 aliphatic carbocycles. The van der Waals surface area contributed by atoms with E-state index in [0.29, 0.717) is 6.42 Å². The van der Waals surface area contributed by atoms with E-state index in [1.54, 1.807) is 9.58 Å². The molecule has 1 amide bonds. The molecule has 1 aromatic heterocycles. The monoisotopic (exact) mass is 266 g/mol.